The molecule has 110 valence electrons. The zero-order valence-corrected chi connectivity index (χ0v) is 12.5. The van der Waals surface area contributed by atoms with Crippen LogP contribution in [0, 0.1) is 6.92 Å². The maximum atomic E-state index is 12.2. The highest BCUT2D eigenvalue weighted by atomic mass is 16.2. The second-order valence-corrected chi connectivity index (χ2v) is 5.45. The van der Waals surface area contributed by atoms with Crippen molar-refractivity contribution in [3.63, 3.8) is 0 Å². The van der Waals surface area contributed by atoms with E-state index in [0.29, 0.717) is 0 Å². The van der Waals surface area contributed by atoms with E-state index < -0.39 is 0 Å². The highest BCUT2D eigenvalue weighted by Crippen LogP contribution is 2.17. The Hall–Kier alpha value is -1.55. The van der Waals surface area contributed by atoms with Gasteiger partial charge in [0.05, 0.1) is 0 Å². The Morgan fingerprint density at radius 3 is 2.65 bits per heavy atom. The number of amides is 1. The van der Waals surface area contributed by atoms with Crippen molar-refractivity contribution in [2.45, 2.75) is 39.5 Å². The van der Waals surface area contributed by atoms with Crippen molar-refractivity contribution in [1.82, 2.24) is 10.4 Å². The Morgan fingerprint density at radius 1 is 1.25 bits per heavy atom. The molecule has 0 aliphatic carbocycles. The number of hydrazine groups is 1. The van der Waals surface area contributed by atoms with Crippen LogP contribution < -0.4 is 10.7 Å². The molecular formula is C16H25N3O. The number of aryl methyl sites for hydroxylation is 1. The Labute approximate surface area is 121 Å². The van der Waals surface area contributed by atoms with Crippen LogP contribution in [0.3, 0.4) is 0 Å². The second-order valence-electron chi connectivity index (χ2n) is 5.45. The number of nitrogens with one attached hydrogen (secondary N) is 2. The lowest BCUT2D eigenvalue weighted by Gasteiger charge is -2.26. The molecule has 0 spiro atoms. The van der Waals surface area contributed by atoms with Crippen molar-refractivity contribution in [2.75, 3.05) is 25.0 Å². The molecule has 1 aromatic rings. The number of benzene rings is 1. The summed E-state index contributed by atoms with van der Waals surface area (Å²) in [6, 6.07) is 5.84. The smallest absolute Gasteiger partial charge is 0.265 e. The lowest BCUT2D eigenvalue weighted by Crippen LogP contribution is -2.45. The zero-order valence-electron chi connectivity index (χ0n) is 12.5. The molecule has 1 saturated heterocycles. The maximum absolute atomic E-state index is 12.2. The number of rotatable bonds is 5. The lowest BCUT2D eigenvalue weighted by atomic mass is 10.1. The quantitative estimate of drug-likeness (QED) is 0.868. The van der Waals surface area contributed by atoms with Gasteiger partial charge < -0.3 is 5.32 Å². The molecule has 2 N–H and O–H groups in total. The summed E-state index contributed by atoms with van der Waals surface area (Å²) in [6.07, 6.45) is 4.69. The van der Waals surface area contributed by atoms with Crippen molar-refractivity contribution in [2.24, 2.45) is 0 Å². The second kappa shape index (κ2) is 7.29. The molecule has 0 bridgehead atoms. The first-order valence-corrected chi connectivity index (χ1v) is 7.61. The number of hydrogen-bond acceptors (Lipinski definition) is 3. The molecule has 0 unspecified atom stereocenters. The SMILES string of the molecule is CCCNc1ccc(C(=O)NN2CCCCC2)cc1C. The summed E-state index contributed by atoms with van der Waals surface area (Å²) in [4.78, 5) is 12.2. The first-order chi connectivity index (χ1) is 9.70. The number of carbonyl (C=O) groups is 1. The molecule has 0 radical (unpaired) electrons. The number of carbonyl (C=O) groups excluding carboxylic acids is 1. The van der Waals surface area contributed by atoms with Gasteiger partial charge >= 0.3 is 0 Å². The topological polar surface area (TPSA) is 44.4 Å². The van der Waals surface area contributed by atoms with Gasteiger partial charge in [-0.05, 0) is 49.9 Å². The number of anilines is 1. The van der Waals surface area contributed by atoms with Crippen LogP contribution in [-0.2, 0) is 0 Å². The summed E-state index contributed by atoms with van der Waals surface area (Å²) in [5.74, 6) is -0.00274. The molecule has 1 heterocycles. The summed E-state index contributed by atoms with van der Waals surface area (Å²) in [5.41, 5.74) is 5.96. The first-order valence-electron chi connectivity index (χ1n) is 7.61. The molecule has 0 saturated carbocycles. The van der Waals surface area contributed by atoms with Gasteiger partial charge in [0, 0.05) is 30.9 Å². The molecule has 0 atom stereocenters. The van der Waals surface area contributed by atoms with Crippen LogP contribution in [0.15, 0.2) is 18.2 Å². The van der Waals surface area contributed by atoms with E-state index in [4.69, 9.17) is 0 Å². The van der Waals surface area contributed by atoms with Crippen molar-refractivity contribution in [3.8, 4) is 0 Å². The maximum Gasteiger partial charge on any atom is 0.265 e. The van der Waals surface area contributed by atoms with E-state index in [9.17, 15) is 4.79 Å². The predicted octanol–water partition coefficient (Wildman–Crippen LogP) is 2.95. The van der Waals surface area contributed by atoms with Gasteiger partial charge in [0.25, 0.3) is 5.91 Å². The summed E-state index contributed by atoms with van der Waals surface area (Å²) < 4.78 is 0. The highest BCUT2D eigenvalue weighted by Gasteiger charge is 2.14. The minimum atomic E-state index is -0.00274. The lowest BCUT2D eigenvalue weighted by molar-refractivity contribution is 0.0750. The van der Waals surface area contributed by atoms with Gasteiger partial charge in [0.15, 0.2) is 0 Å². The standard InChI is InChI=1S/C16H25N3O/c1-3-9-17-15-8-7-14(12-13(15)2)16(20)18-19-10-5-4-6-11-19/h7-8,12,17H,3-6,9-11H2,1-2H3,(H,18,20). The summed E-state index contributed by atoms with van der Waals surface area (Å²) in [5, 5.41) is 5.40. The number of nitrogens with zero attached hydrogens (tertiary/aromatic N) is 1. The van der Waals surface area contributed by atoms with E-state index in [1.54, 1.807) is 0 Å². The molecule has 1 fully saturated rings. The van der Waals surface area contributed by atoms with Crippen molar-refractivity contribution >= 4 is 11.6 Å². The van der Waals surface area contributed by atoms with Crippen LogP contribution in [-0.4, -0.2) is 30.6 Å². The molecule has 1 aromatic carbocycles. The van der Waals surface area contributed by atoms with Crippen molar-refractivity contribution in [1.29, 1.82) is 0 Å². The fourth-order valence-corrected chi connectivity index (χ4v) is 2.48. The third-order valence-corrected chi connectivity index (χ3v) is 3.67. The van der Waals surface area contributed by atoms with E-state index in [2.05, 4.69) is 17.7 Å². The Morgan fingerprint density at radius 2 is 2.00 bits per heavy atom. The van der Waals surface area contributed by atoms with Crippen LogP contribution in [0.1, 0.15) is 48.5 Å². The zero-order chi connectivity index (χ0) is 14.4. The van der Waals surface area contributed by atoms with Gasteiger partial charge in [-0.1, -0.05) is 13.3 Å². The molecule has 0 aromatic heterocycles. The van der Waals surface area contributed by atoms with Crippen LogP contribution >= 0.6 is 0 Å². The average Bonchev–Trinajstić information content (AvgIpc) is 2.47. The van der Waals surface area contributed by atoms with E-state index in [1.807, 2.05) is 30.1 Å². The Bertz CT molecular complexity index is 453. The van der Waals surface area contributed by atoms with E-state index in [1.165, 1.54) is 19.3 Å². The van der Waals surface area contributed by atoms with Gasteiger partial charge in [0.1, 0.15) is 0 Å². The fraction of sp³-hybridized carbons (Fsp3) is 0.562. The molecular weight excluding hydrogens is 250 g/mol. The third kappa shape index (κ3) is 3.97. The average molecular weight is 275 g/mol. The molecule has 20 heavy (non-hydrogen) atoms. The number of hydrogen-bond donors (Lipinski definition) is 2. The van der Waals surface area contributed by atoms with Gasteiger partial charge in [-0.25, -0.2) is 5.01 Å². The number of piperidine rings is 1. The molecule has 4 nitrogen and oxygen atoms in total. The molecule has 2 rings (SSSR count). The molecule has 1 amide bonds. The Kier molecular flexibility index (Phi) is 5.41. The normalized spacial score (nSPS) is 15.9. The monoisotopic (exact) mass is 275 g/mol. The van der Waals surface area contributed by atoms with Gasteiger partial charge in [-0.15, -0.1) is 0 Å². The van der Waals surface area contributed by atoms with Crippen molar-refractivity contribution < 1.29 is 4.79 Å². The van der Waals surface area contributed by atoms with Crippen LogP contribution in [0.25, 0.3) is 0 Å². The van der Waals surface area contributed by atoms with Gasteiger partial charge in [-0.3, -0.25) is 10.2 Å². The van der Waals surface area contributed by atoms with E-state index in [-0.39, 0.29) is 5.91 Å². The van der Waals surface area contributed by atoms with Crippen LogP contribution in [0.4, 0.5) is 5.69 Å². The van der Waals surface area contributed by atoms with E-state index in [0.717, 1.165) is 42.9 Å². The minimum absolute atomic E-state index is 0.00274. The predicted molar refractivity (Wildman–Crippen MR) is 82.8 cm³/mol. The van der Waals surface area contributed by atoms with Gasteiger partial charge in [-0.2, -0.15) is 0 Å². The minimum Gasteiger partial charge on any atom is -0.385 e. The van der Waals surface area contributed by atoms with E-state index >= 15 is 0 Å². The highest BCUT2D eigenvalue weighted by molar-refractivity contribution is 5.94. The fourth-order valence-electron chi connectivity index (χ4n) is 2.48. The largest absolute Gasteiger partial charge is 0.385 e. The van der Waals surface area contributed by atoms with Gasteiger partial charge in [0.2, 0.25) is 0 Å². The van der Waals surface area contributed by atoms with Crippen LogP contribution in [0.2, 0.25) is 0 Å². The Balaban J connectivity index is 1.97. The molecule has 4 heteroatoms. The van der Waals surface area contributed by atoms with Crippen LogP contribution in [0.5, 0.6) is 0 Å². The summed E-state index contributed by atoms with van der Waals surface area (Å²) >= 11 is 0. The molecule has 1 aliphatic heterocycles. The molecule has 1 aliphatic rings. The summed E-state index contributed by atoms with van der Waals surface area (Å²) in [7, 11) is 0. The third-order valence-electron chi connectivity index (χ3n) is 3.67. The summed E-state index contributed by atoms with van der Waals surface area (Å²) in [6.45, 7) is 7.06. The first kappa shape index (κ1) is 14.9. The van der Waals surface area contributed by atoms with Crippen molar-refractivity contribution in [3.05, 3.63) is 29.3 Å².